The van der Waals surface area contributed by atoms with E-state index < -0.39 is 6.68 Å². The van der Waals surface area contributed by atoms with Gasteiger partial charge in [-0.05, 0) is 25.7 Å². The molecule has 0 unspecified atom stereocenters. The van der Waals surface area contributed by atoms with Gasteiger partial charge in [0.25, 0.3) is 0 Å². The highest BCUT2D eigenvalue weighted by Crippen LogP contribution is 2.13. The van der Waals surface area contributed by atoms with Crippen LogP contribution in [0.15, 0.2) is 0 Å². The van der Waals surface area contributed by atoms with Gasteiger partial charge in [0.1, 0.15) is 0 Å². The minimum absolute atomic E-state index is 0. The standard InChI is InChI=1S/C22H48N.CHF3.H3N/c1-5-7-9-11-13-15-17-19-21-23(3,4)22-20-18-16-14-12-10-8-6-2;2-1(3)4;/h5-22H2,1-4H3;1H;1H3/q+1;;. The Morgan fingerprint density at radius 3 is 0.964 bits per heavy atom. The van der Waals surface area contributed by atoms with E-state index in [9.17, 15) is 13.2 Å². The summed E-state index contributed by atoms with van der Waals surface area (Å²) in [5, 5.41) is 0. The summed E-state index contributed by atoms with van der Waals surface area (Å²) >= 11 is 0. The van der Waals surface area contributed by atoms with Crippen LogP contribution in [0.5, 0.6) is 0 Å². The van der Waals surface area contributed by atoms with E-state index in [1.54, 1.807) is 0 Å². The maximum atomic E-state index is 9.67. The summed E-state index contributed by atoms with van der Waals surface area (Å²) in [7, 11) is 4.87. The Morgan fingerprint density at radius 2 is 0.714 bits per heavy atom. The second kappa shape index (κ2) is 24.7. The average molecular weight is 414 g/mol. The van der Waals surface area contributed by atoms with E-state index in [-0.39, 0.29) is 6.15 Å². The number of rotatable bonds is 18. The van der Waals surface area contributed by atoms with Gasteiger partial charge in [-0.25, -0.2) is 0 Å². The van der Waals surface area contributed by atoms with E-state index in [0.29, 0.717) is 0 Å². The molecule has 0 saturated heterocycles. The number of halogens is 3. The Kier molecular flexibility index (Phi) is 28.6. The number of hydrogen-bond donors (Lipinski definition) is 1. The molecule has 0 aromatic heterocycles. The number of alkyl halides is 3. The summed E-state index contributed by atoms with van der Waals surface area (Å²) in [6.07, 6.45) is 23.0. The van der Waals surface area contributed by atoms with E-state index in [1.807, 2.05) is 0 Å². The third kappa shape index (κ3) is 33.3. The smallest absolute Gasteiger partial charge is 0.344 e. The van der Waals surface area contributed by atoms with E-state index in [2.05, 4.69) is 27.9 Å². The number of nitrogens with zero attached hydrogens (tertiary/aromatic N) is 1. The van der Waals surface area contributed by atoms with Crippen molar-refractivity contribution in [1.82, 2.24) is 6.15 Å². The summed E-state index contributed by atoms with van der Waals surface area (Å²) in [5.41, 5.74) is 0. The summed E-state index contributed by atoms with van der Waals surface area (Å²) < 4.78 is 30.2. The van der Waals surface area contributed by atoms with Crippen LogP contribution in [0.4, 0.5) is 13.2 Å². The third-order valence-corrected chi connectivity index (χ3v) is 5.23. The van der Waals surface area contributed by atoms with Gasteiger partial charge in [0.2, 0.25) is 0 Å². The maximum absolute atomic E-state index is 9.67. The van der Waals surface area contributed by atoms with E-state index in [1.165, 1.54) is 120 Å². The minimum Gasteiger partial charge on any atom is -0.344 e. The summed E-state index contributed by atoms with van der Waals surface area (Å²) in [5.74, 6) is 0. The molecule has 3 N–H and O–H groups in total. The highest BCUT2D eigenvalue weighted by molar-refractivity contribution is 4.48. The molecule has 0 aromatic carbocycles. The molecule has 0 fully saturated rings. The van der Waals surface area contributed by atoms with Crippen LogP contribution in [-0.2, 0) is 0 Å². The van der Waals surface area contributed by atoms with E-state index in [0.717, 1.165) is 0 Å². The molecule has 0 rings (SSSR count). The highest BCUT2D eigenvalue weighted by Gasteiger charge is 2.13. The molecule has 0 saturated carbocycles. The molecule has 0 aliphatic carbocycles. The molecule has 5 heteroatoms. The molecule has 2 nitrogen and oxygen atoms in total. The lowest BCUT2D eigenvalue weighted by atomic mass is 10.1. The predicted octanol–water partition coefficient (Wildman–Crippen LogP) is 8.68. The first-order valence-electron chi connectivity index (χ1n) is 11.6. The van der Waals surface area contributed by atoms with Gasteiger partial charge >= 0.3 is 6.68 Å². The fourth-order valence-electron chi connectivity index (χ4n) is 3.46. The van der Waals surface area contributed by atoms with Crippen LogP contribution in [0.3, 0.4) is 0 Å². The molecule has 0 aliphatic heterocycles. The van der Waals surface area contributed by atoms with Crippen molar-refractivity contribution in [3.63, 3.8) is 0 Å². The van der Waals surface area contributed by atoms with Crippen LogP contribution in [-0.4, -0.2) is 38.3 Å². The minimum atomic E-state index is -3.67. The molecular weight excluding hydrogens is 361 g/mol. The van der Waals surface area contributed by atoms with Gasteiger partial charge in [-0.3, -0.25) is 0 Å². The molecule has 0 aromatic rings. The molecule has 0 aliphatic rings. The van der Waals surface area contributed by atoms with E-state index >= 15 is 0 Å². The van der Waals surface area contributed by atoms with Crippen LogP contribution >= 0.6 is 0 Å². The Balaban J connectivity index is -0.00000113. The molecule has 0 radical (unpaired) electrons. The van der Waals surface area contributed by atoms with Crippen molar-refractivity contribution in [1.29, 1.82) is 0 Å². The zero-order valence-electron chi connectivity index (χ0n) is 19.6. The molecule has 0 spiro atoms. The molecule has 0 heterocycles. The van der Waals surface area contributed by atoms with Crippen LogP contribution in [0.1, 0.15) is 117 Å². The summed E-state index contributed by atoms with van der Waals surface area (Å²) in [6.45, 7) is 3.69. The highest BCUT2D eigenvalue weighted by atomic mass is 19.4. The quantitative estimate of drug-likeness (QED) is 0.177. The van der Waals surface area contributed by atoms with Crippen molar-refractivity contribution in [3.05, 3.63) is 0 Å². The first-order valence-corrected chi connectivity index (χ1v) is 11.6. The largest absolute Gasteiger partial charge is 0.379 e. The zero-order chi connectivity index (χ0) is 20.8. The molecule has 174 valence electrons. The van der Waals surface area contributed by atoms with Gasteiger partial charge < -0.3 is 10.6 Å². The van der Waals surface area contributed by atoms with Crippen LogP contribution in [0, 0.1) is 0 Å². The topological polar surface area (TPSA) is 35.0 Å². The van der Waals surface area contributed by atoms with Crippen molar-refractivity contribution in [2.24, 2.45) is 0 Å². The SMILES string of the molecule is CCCCCCCCCC[N+](C)(C)CCCCCCCCCC.FC(F)F.N. The molecule has 0 bridgehead atoms. The van der Waals surface area contributed by atoms with Crippen molar-refractivity contribution >= 4 is 0 Å². The van der Waals surface area contributed by atoms with Crippen LogP contribution in [0.25, 0.3) is 0 Å². The third-order valence-electron chi connectivity index (χ3n) is 5.23. The summed E-state index contributed by atoms with van der Waals surface area (Å²) in [6, 6.07) is 0. The number of hydrogen-bond acceptors (Lipinski definition) is 1. The maximum Gasteiger partial charge on any atom is 0.379 e. The Hall–Kier alpha value is -0.290. The van der Waals surface area contributed by atoms with Crippen molar-refractivity contribution in [3.8, 4) is 0 Å². The van der Waals surface area contributed by atoms with Gasteiger partial charge in [0.15, 0.2) is 0 Å². The molecule has 0 atom stereocenters. The van der Waals surface area contributed by atoms with Crippen LogP contribution < -0.4 is 6.15 Å². The van der Waals surface area contributed by atoms with Crippen molar-refractivity contribution < 1.29 is 17.7 Å². The van der Waals surface area contributed by atoms with Gasteiger partial charge in [-0.1, -0.05) is 90.9 Å². The predicted molar refractivity (Wildman–Crippen MR) is 119 cm³/mol. The lowest BCUT2D eigenvalue weighted by Crippen LogP contribution is -2.41. The second-order valence-electron chi connectivity index (χ2n) is 8.58. The zero-order valence-corrected chi connectivity index (χ0v) is 19.6. The first-order chi connectivity index (χ1) is 12.9. The second-order valence-corrected chi connectivity index (χ2v) is 8.58. The van der Waals surface area contributed by atoms with Gasteiger partial charge in [-0.15, -0.1) is 0 Å². The lowest BCUT2D eigenvalue weighted by Gasteiger charge is -2.30. The molecular formula is C23H52F3N2+. The lowest BCUT2D eigenvalue weighted by molar-refractivity contribution is -0.890. The number of unbranched alkanes of at least 4 members (excludes halogenated alkanes) is 14. The summed E-state index contributed by atoms with van der Waals surface area (Å²) in [4.78, 5) is 0. The number of quaternary nitrogens is 1. The molecule has 0 amide bonds. The van der Waals surface area contributed by atoms with Crippen molar-refractivity contribution in [2.75, 3.05) is 27.2 Å². The van der Waals surface area contributed by atoms with Gasteiger partial charge in [-0.2, -0.15) is 13.2 Å². The first kappa shape index (κ1) is 32.4. The van der Waals surface area contributed by atoms with Gasteiger partial charge in [0, 0.05) is 0 Å². The fraction of sp³-hybridized carbons (Fsp3) is 1.00. The normalized spacial score (nSPS) is 11.1. The monoisotopic (exact) mass is 413 g/mol. The Bertz CT molecular complexity index is 250. The molecule has 28 heavy (non-hydrogen) atoms. The average Bonchev–Trinajstić information content (AvgIpc) is 2.59. The van der Waals surface area contributed by atoms with Gasteiger partial charge in [0.05, 0.1) is 27.2 Å². The van der Waals surface area contributed by atoms with Crippen LogP contribution in [0.2, 0.25) is 0 Å². The fourth-order valence-corrected chi connectivity index (χ4v) is 3.46. The van der Waals surface area contributed by atoms with Crippen molar-refractivity contribution in [2.45, 2.75) is 123 Å². The Labute approximate surface area is 174 Å². The Morgan fingerprint density at radius 1 is 0.500 bits per heavy atom. The van der Waals surface area contributed by atoms with E-state index in [4.69, 9.17) is 0 Å².